The van der Waals surface area contributed by atoms with E-state index in [0.29, 0.717) is 17.8 Å². The second kappa shape index (κ2) is 6.72. The van der Waals surface area contributed by atoms with Crippen LogP contribution in [0.3, 0.4) is 0 Å². The van der Waals surface area contributed by atoms with Crippen molar-refractivity contribution in [1.82, 2.24) is 15.6 Å². The number of pyridine rings is 1. The quantitative estimate of drug-likeness (QED) is 0.730. The number of hydrogen-bond acceptors (Lipinski definition) is 4. The second-order valence-electron chi connectivity index (χ2n) is 4.21. The SMILES string of the molecule is CCNC(=O)C(C)NC(=O)c1cnc(C)cc1NC. The number of hydrogen-bond donors (Lipinski definition) is 3. The molecule has 1 unspecified atom stereocenters. The Hall–Kier alpha value is -2.11. The maximum atomic E-state index is 12.1. The summed E-state index contributed by atoms with van der Waals surface area (Å²) < 4.78 is 0. The van der Waals surface area contributed by atoms with Crippen molar-refractivity contribution in [2.75, 3.05) is 18.9 Å². The Morgan fingerprint density at radius 3 is 2.68 bits per heavy atom. The molecule has 19 heavy (non-hydrogen) atoms. The summed E-state index contributed by atoms with van der Waals surface area (Å²) in [5.74, 6) is -0.530. The number of aryl methyl sites for hydroxylation is 1. The van der Waals surface area contributed by atoms with Gasteiger partial charge in [0, 0.05) is 25.5 Å². The summed E-state index contributed by atoms with van der Waals surface area (Å²) in [4.78, 5) is 27.7. The molecule has 0 fully saturated rings. The van der Waals surface area contributed by atoms with Gasteiger partial charge in [-0.25, -0.2) is 0 Å². The molecule has 104 valence electrons. The van der Waals surface area contributed by atoms with Crippen LogP contribution in [-0.2, 0) is 4.79 Å². The van der Waals surface area contributed by atoms with Crippen molar-refractivity contribution >= 4 is 17.5 Å². The third kappa shape index (κ3) is 3.94. The fraction of sp³-hybridized carbons (Fsp3) is 0.462. The maximum Gasteiger partial charge on any atom is 0.255 e. The molecule has 2 amide bonds. The molecule has 0 saturated carbocycles. The van der Waals surface area contributed by atoms with Crippen molar-refractivity contribution in [3.05, 3.63) is 23.5 Å². The van der Waals surface area contributed by atoms with Gasteiger partial charge in [0.2, 0.25) is 5.91 Å². The number of carbonyl (C=O) groups excluding carboxylic acids is 2. The largest absolute Gasteiger partial charge is 0.387 e. The standard InChI is InChI=1S/C13H20N4O2/c1-5-15-12(18)9(3)17-13(19)10-7-16-8(2)6-11(10)14-4/h6-7,9H,5H2,1-4H3,(H,14,16)(H,15,18)(H,17,19). The van der Waals surface area contributed by atoms with Crippen LogP contribution >= 0.6 is 0 Å². The summed E-state index contributed by atoms with van der Waals surface area (Å²) >= 11 is 0. The molecular formula is C13H20N4O2. The highest BCUT2D eigenvalue weighted by Gasteiger charge is 2.18. The molecule has 0 saturated heterocycles. The van der Waals surface area contributed by atoms with E-state index in [2.05, 4.69) is 20.9 Å². The van der Waals surface area contributed by atoms with Gasteiger partial charge in [0.15, 0.2) is 0 Å². The number of rotatable bonds is 5. The van der Waals surface area contributed by atoms with E-state index in [1.807, 2.05) is 13.8 Å². The Balaban J connectivity index is 2.81. The molecule has 1 rings (SSSR count). The Kier molecular flexibility index (Phi) is 5.29. The van der Waals surface area contributed by atoms with Gasteiger partial charge in [-0.2, -0.15) is 0 Å². The average molecular weight is 264 g/mol. The summed E-state index contributed by atoms with van der Waals surface area (Å²) in [7, 11) is 1.73. The fourth-order valence-corrected chi connectivity index (χ4v) is 1.61. The summed E-state index contributed by atoms with van der Waals surface area (Å²) in [6, 6.07) is 1.20. The number of likely N-dealkylation sites (N-methyl/N-ethyl adjacent to an activating group) is 1. The maximum absolute atomic E-state index is 12.1. The van der Waals surface area contributed by atoms with Crippen molar-refractivity contribution in [3.8, 4) is 0 Å². The molecule has 0 aliphatic carbocycles. The van der Waals surface area contributed by atoms with Gasteiger partial charge in [-0.15, -0.1) is 0 Å². The van der Waals surface area contributed by atoms with Crippen LogP contribution in [0.2, 0.25) is 0 Å². The molecule has 6 nitrogen and oxygen atoms in total. The number of anilines is 1. The van der Waals surface area contributed by atoms with E-state index in [4.69, 9.17) is 0 Å². The minimum atomic E-state index is -0.585. The minimum Gasteiger partial charge on any atom is -0.387 e. The van der Waals surface area contributed by atoms with Crippen molar-refractivity contribution < 1.29 is 9.59 Å². The highest BCUT2D eigenvalue weighted by Crippen LogP contribution is 2.14. The number of amides is 2. The topological polar surface area (TPSA) is 83.1 Å². The molecule has 0 spiro atoms. The number of carbonyl (C=O) groups is 2. The van der Waals surface area contributed by atoms with Crippen LogP contribution in [-0.4, -0.2) is 36.4 Å². The van der Waals surface area contributed by atoms with E-state index in [1.54, 1.807) is 20.0 Å². The first-order valence-corrected chi connectivity index (χ1v) is 6.22. The molecule has 6 heteroatoms. The molecule has 0 radical (unpaired) electrons. The monoisotopic (exact) mass is 264 g/mol. The molecule has 0 aromatic carbocycles. The van der Waals surface area contributed by atoms with Gasteiger partial charge in [0.25, 0.3) is 5.91 Å². The molecule has 1 heterocycles. The highest BCUT2D eigenvalue weighted by atomic mass is 16.2. The van der Waals surface area contributed by atoms with Gasteiger partial charge < -0.3 is 16.0 Å². The van der Waals surface area contributed by atoms with Crippen molar-refractivity contribution in [2.45, 2.75) is 26.8 Å². The van der Waals surface area contributed by atoms with Crippen LogP contribution < -0.4 is 16.0 Å². The number of nitrogens with zero attached hydrogens (tertiary/aromatic N) is 1. The second-order valence-corrected chi connectivity index (χ2v) is 4.21. The van der Waals surface area contributed by atoms with Crippen molar-refractivity contribution in [2.24, 2.45) is 0 Å². The molecule has 1 aromatic rings. The zero-order chi connectivity index (χ0) is 14.4. The van der Waals surface area contributed by atoms with Crippen LogP contribution in [0, 0.1) is 6.92 Å². The van der Waals surface area contributed by atoms with Gasteiger partial charge in [-0.05, 0) is 26.8 Å². The van der Waals surface area contributed by atoms with Gasteiger partial charge in [-0.3, -0.25) is 14.6 Å². The van der Waals surface area contributed by atoms with Crippen LogP contribution in [0.4, 0.5) is 5.69 Å². The molecule has 0 aliphatic rings. The molecule has 3 N–H and O–H groups in total. The first-order valence-electron chi connectivity index (χ1n) is 6.22. The third-order valence-corrected chi connectivity index (χ3v) is 2.65. The van der Waals surface area contributed by atoms with Crippen LogP contribution in [0.15, 0.2) is 12.3 Å². The fourth-order valence-electron chi connectivity index (χ4n) is 1.61. The van der Waals surface area contributed by atoms with E-state index >= 15 is 0 Å². The van der Waals surface area contributed by atoms with Gasteiger partial charge in [0.1, 0.15) is 6.04 Å². The van der Waals surface area contributed by atoms with E-state index in [1.165, 1.54) is 6.20 Å². The normalized spacial score (nSPS) is 11.6. The van der Waals surface area contributed by atoms with Crippen LogP contribution in [0.1, 0.15) is 29.9 Å². The predicted molar refractivity (Wildman–Crippen MR) is 74.1 cm³/mol. The smallest absolute Gasteiger partial charge is 0.255 e. The van der Waals surface area contributed by atoms with Crippen molar-refractivity contribution in [3.63, 3.8) is 0 Å². The first kappa shape index (κ1) is 14.9. The Morgan fingerprint density at radius 1 is 1.42 bits per heavy atom. The number of aromatic nitrogens is 1. The summed E-state index contributed by atoms with van der Waals surface area (Å²) in [6.45, 7) is 5.85. The minimum absolute atomic E-state index is 0.207. The lowest BCUT2D eigenvalue weighted by Gasteiger charge is -2.15. The molecule has 0 bridgehead atoms. The Labute approximate surface area is 113 Å². The van der Waals surface area contributed by atoms with E-state index in [-0.39, 0.29) is 11.8 Å². The molecule has 0 aliphatic heterocycles. The van der Waals surface area contributed by atoms with E-state index < -0.39 is 6.04 Å². The van der Waals surface area contributed by atoms with Gasteiger partial charge in [-0.1, -0.05) is 0 Å². The number of nitrogens with one attached hydrogen (secondary N) is 3. The van der Waals surface area contributed by atoms with E-state index in [9.17, 15) is 9.59 Å². The van der Waals surface area contributed by atoms with Crippen LogP contribution in [0.5, 0.6) is 0 Å². The highest BCUT2D eigenvalue weighted by molar-refractivity contribution is 6.01. The predicted octanol–water partition coefficient (Wildman–Crippen LogP) is 0.686. The van der Waals surface area contributed by atoms with Gasteiger partial charge >= 0.3 is 0 Å². The average Bonchev–Trinajstić information content (AvgIpc) is 2.38. The summed E-state index contributed by atoms with van der Waals surface area (Å²) in [6.07, 6.45) is 1.50. The lowest BCUT2D eigenvalue weighted by Crippen LogP contribution is -2.44. The lowest BCUT2D eigenvalue weighted by molar-refractivity contribution is -0.122. The molecule has 1 atom stereocenters. The molecule has 1 aromatic heterocycles. The first-order chi connectivity index (χ1) is 8.99. The van der Waals surface area contributed by atoms with Gasteiger partial charge in [0.05, 0.1) is 11.3 Å². The summed E-state index contributed by atoms with van der Waals surface area (Å²) in [5.41, 5.74) is 1.93. The van der Waals surface area contributed by atoms with E-state index in [0.717, 1.165) is 5.69 Å². The van der Waals surface area contributed by atoms with Crippen LogP contribution in [0.25, 0.3) is 0 Å². The zero-order valence-corrected chi connectivity index (χ0v) is 11.7. The summed E-state index contributed by atoms with van der Waals surface area (Å²) in [5, 5.41) is 8.24. The Bertz CT molecular complexity index is 474. The lowest BCUT2D eigenvalue weighted by atomic mass is 10.2. The zero-order valence-electron chi connectivity index (χ0n) is 11.7. The third-order valence-electron chi connectivity index (χ3n) is 2.65. The Morgan fingerprint density at radius 2 is 2.11 bits per heavy atom. The van der Waals surface area contributed by atoms with Crippen molar-refractivity contribution in [1.29, 1.82) is 0 Å². The molecular weight excluding hydrogens is 244 g/mol.